The predicted molar refractivity (Wildman–Crippen MR) is 113 cm³/mol. The Balaban J connectivity index is 2.02. The van der Waals surface area contributed by atoms with E-state index in [-0.39, 0.29) is 41.3 Å². The topological polar surface area (TPSA) is 142 Å². The molecule has 1 aliphatic rings. The molecule has 0 atom stereocenters. The van der Waals surface area contributed by atoms with E-state index in [4.69, 9.17) is 0 Å². The summed E-state index contributed by atoms with van der Waals surface area (Å²) in [7, 11) is 0. The van der Waals surface area contributed by atoms with E-state index in [0.717, 1.165) is 4.90 Å². The molecule has 0 radical (unpaired) electrons. The van der Waals surface area contributed by atoms with Crippen molar-refractivity contribution < 1.29 is 24.4 Å². The number of nitrogens with one attached hydrogen (secondary N) is 2. The summed E-state index contributed by atoms with van der Waals surface area (Å²) < 4.78 is 0. The van der Waals surface area contributed by atoms with E-state index >= 15 is 0 Å². The van der Waals surface area contributed by atoms with Crippen molar-refractivity contribution in [3.63, 3.8) is 0 Å². The van der Waals surface area contributed by atoms with Gasteiger partial charge >= 0.3 is 6.03 Å². The highest BCUT2D eigenvalue weighted by atomic mass is 16.6. The van der Waals surface area contributed by atoms with Crippen LogP contribution in [0.15, 0.2) is 36.4 Å². The van der Waals surface area contributed by atoms with Gasteiger partial charge in [0.15, 0.2) is 0 Å². The summed E-state index contributed by atoms with van der Waals surface area (Å²) >= 11 is 0. The van der Waals surface area contributed by atoms with Gasteiger partial charge in [-0.15, -0.1) is 0 Å². The van der Waals surface area contributed by atoms with Crippen molar-refractivity contribution in [1.82, 2.24) is 5.32 Å². The lowest BCUT2D eigenvalue weighted by Crippen LogP contribution is -2.50. The Morgan fingerprint density at radius 3 is 2.39 bits per heavy atom. The molecule has 0 bridgehead atoms. The quantitative estimate of drug-likeness (QED) is 0.389. The van der Waals surface area contributed by atoms with Gasteiger partial charge in [0.1, 0.15) is 5.75 Å². The third-order valence-corrected chi connectivity index (χ3v) is 4.82. The lowest BCUT2D eigenvalue weighted by molar-refractivity contribution is -0.384. The first kappa shape index (κ1) is 21.8. The maximum atomic E-state index is 12.7. The molecule has 3 N–H and O–H groups in total. The van der Waals surface area contributed by atoms with Crippen molar-refractivity contribution in [2.75, 3.05) is 16.8 Å². The fraction of sp³-hybridized carbons (Fsp3) is 0.286. The normalized spacial score (nSPS) is 14.2. The zero-order chi connectivity index (χ0) is 22.9. The van der Waals surface area contributed by atoms with Crippen molar-refractivity contribution >= 4 is 34.9 Å². The second-order valence-electron chi connectivity index (χ2n) is 8.11. The lowest BCUT2D eigenvalue weighted by atomic mass is 9.85. The van der Waals surface area contributed by atoms with Gasteiger partial charge in [0.2, 0.25) is 5.91 Å². The average Bonchev–Trinajstić information content (AvgIpc) is 2.69. The molecule has 0 spiro atoms. The van der Waals surface area contributed by atoms with E-state index in [1.165, 1.54) is 30.3 Å². The van der Waals surface area contributed by atoms with Crippen molar-refractivity contribution in [3.8, 4) is 5.75 Å². The summed E-state index contributed by atoms with van der Waals surface area (Å²) in [6.45, 7) is 5.76. The van der Waals surface area contributed by atoms with Crippen LogP contribution >= 0.6 is 0 Å². The van der Waals surface area contributed by atoms with E-state index in [9.17, 15) is 29.6 Å². The standard InChI is InChI=1S/C21H22N4O6/c1-21(2,3)15-10-14(24-17(26)8-9-22-20(24)29)11-16(18(15)27)23-19(28)12-4-6-13(7-5-12)25(30)31/h4-7,10-11,27H,8-9H2,1-3H3,(H,22,29)(H,23,28). The second-order valence-corrected chi connectivity index (χ2v) is 8.11. The number of hydrogen-bond donors (Lipinski definition) is 3. The molecule has 1 aliphatic heterocycles. The van der Waals surface area contributed by atoms with E-state index < -0.39 is 28.2 Å². The first-order chi connectivity index (χ1) is 14.5. The Hall–Kier alpha value is -3.95. The number of imide groups is 1. The number of benzene rings is 2. The van der Waals surface area contributed by atoms with Crippen LogP contribution in [-0.4, -0.2) is 34.4 Å². The molecule has 1 saturated heterocycles. The molecule has 0 aliphatic carbocycles. The van der Waals surface area contributed by atoms with Gasteiger partial charge in [-0.1, -0.05) is 20.8 Å². The molecule has 0 saturated carbocycles. The molecule has 2 aromatic rings. The first-order valence-corrected chi connectivity index (χ1v) is 9.53. The third kappa shape index (κ3) is 4.47. The van der Waals surface area contributed by atoms with Gasteiger partial charge in [0, 0.05) is 36.2 Å². The Bertz CT molecular complexity index is 1060. The number of nitrogens with zero attached hydrogens (tertiary/aromatic N) is 2. The summed E-state index contributed by atoms with van der Waals surface area (Å²) in [6.07, 6.45) is 0.127. The Kier molecular flexibility index (Phi) is 5.65. The molecule has 1 heterocycles. The zero-order valence-electron chi connectivity index (χ0n) is 17.3. The van der Waals surface area contributed by atoms with Crippen molar-refractivity contribution in [1.29, 1.82) is 0 Å². The molecule has 2 aromatic carbocycles. The van der Waals surface area contributed by atoms with Crippen LogP contribution in [0.1, 0.15) is 43.1 Å². The van der Waals surface area contributed by atoms with Crippen LogP contribution in [0.2, 0.25) is 0 Å². The monoisotopic (exact) mass is 426 g/mol. The minimum absolute atomic E-state index is 0.0111. The first-order valence-electron chi connectivity index (χ1n) is 9.53. The van der Waals surface area contributed by atoms with Crippen LogP contribution < -0.4 is 15.5 Å². The SMILES string of the molecule is CC(C)(C)c1cc(N2C(=O)CCNC2=O)cc(NC(=O)c2ccc([N+](=O)[O-])cc2)c1O. The molecule has 10 heteroatoms. The Morgan fingerprint density at radius 1 is 1.19 bits per heavy atom. The van der Waals surface area contributed by atoms with Gasteiger partial charge in [-0.2, -0.15) is 0 Å². The zero-order valence-corrected chi connectivity index (χ0v) is 17.3. The van der Waals surface area contributed by atoms with Crippen molar-refractivity contribution in [3.05, 3.63) is 57.6 Å². The number of carbonyl (C=O) groups is 3. The highest BCUT2D eigenvalue weighted by Crippen LogP contribution is 2.40. The highest BCUT2D eigenvalue weighted by Gasteiger charge is 2.31. The van der Waals surface area contributed by atoms with Gasteiger partial charge < -0.3 is 15.7 Å². The number of non-ortho nitro benzene ring substituents is 1. The second kappa shape index (κ2) is 8.05. The Labute approximate surface area is 178 Å². The molecule has 3 rings (SSSR count). The summed E-state index contributed by atoms with van der Waals surface area (Å²) in [5.74, 6) is -1.21. The van der Waals surface area contributed by atoms with Crippen LogP contribution in [0, 0.1) is 10.1 Å². The van der Waals surface area contributed by atoms with Gasteiger partial charge in [-0.3, -0.25) is 19.7 Å². The highest BCUT2D eigenvalue weighted by molar-refractivity contribution is 6.16. The summed E-state index contributed by atoms with van der Waals surface area (Å²) in [5, 5.41) is 26.7. The molecule has 31 heavy (non-hydrogen) atoms. The molecule has 10 nitrogen and oxygen atoms in total. The van der Waals surface area contributed by atoms with Crippen molar-refractivity contribution in [2.45, 2.75) is 32.6 Å². The molecule has 0 unspecified atom stereocenters. The van der Waals surface area contributed by atoms with Crippen molar-refractivity contribution in [2.24, 2.45) is 0 Å². The number of aromatic hydroxyl groups is 1. The number of urea groups is 1. The number of phenolic OH excluding ortho intramolecular Hbond substituents is 1. The molecular weight excluding hydrogens is 404 g/mol. The fourth-order valence-corrected chi connectivity index (χ4v) is 3.19. The predicted octanol–water partition coefficient (Wildman–Crippen LogP) is 3.30. The van der Waals surface area contributed by atoms with Gasteiger partial charge in [-0.25, -0.2) is 9.69 Å². The van der Waals surface area contributed by atoms with E-state index in [1.807, 2.05) is 20.8 Å². The van der Waals surface area contributed by atoms with Crippen LogP contribution in [0.3, 0.4) is 0 Å². The molecule has 0 aromatic heterocycles. The summed E-state index contributed by atoms with van der Waals surface area (Å²) in [5.41, 5.74) is 0.0592. The van der Waals surface area contributed by atoms with E-state index in [2.05, 4.69) is 10.6 Å². The number of carbonyl (C=O) groups excluding carboxylic acids is 3. The largest absolute Gasteiger partial charge is 0.505 e. The van der Waals surface area contributed by atoms with Crippen LogP contribution in [0.5, 0.6) is 5.75 Å². The minimum atomic E-state index is -0.614. The molecule has 162 valence electrons. The molecule has 4 amide bonds. The number of anilines is 2. The van der Waals surface area contributed by atoms with Crippen LogP contribution in [-0.2, 0) is 10.2 Å². The molecular formula is C21H22N4O6. The van der Waals surface area contributed by atoms with Gasteiger partial charge in [0.25, 0.3) is 11.6 Å². The number of amides is 4. The summed E-state index contributed by atoms with van der Waals surface area (Å²) in [6, 6.07) is 7.28. The Morgan fingerprint density at radius 2 is 1.84 bits per heavy atom. The maximum Gasteiger partial charge on any atom is 0.328 e. The smallest absolute Gasteiger partial charge is 0.328 e. The summed E-state index contributed by atoms with van der Waals surface area (Å²) in [4.78, 5) is 48.5. The lowest BCUT2D eigenvalue weighted by Gasteiger charge is -2.29. The average molecular weight is 426 g/mol. The fourth-order valence-electron chi connectivity index (χ4n) is 3.19. The number of rotatable bonds is 4. The molecule has 1 fully saturated rings. The van der Waals surface area contributed by atoms with Gasteiger partial charge in [-0.05, 0) is 29.7 Å². The number of nitro benzene ring substituents is 1. The van der Waals surface area contributed by atoms with E-state index in [0.29, 0.717) is 5.56 Å². The van der Waals surface area contributed by atoms with E-state index in [1.54, 1.807) is 6.07 Å². The number of hydrogen-bond acceptors (Lipinski definition) is 6. The number of phenols is 1. The third-order valence-electron chi connectivity index (χ3n) is 4.82. The maximum absolute atomic E-state index is 12.7. The van der Waals surface area contributed by atoms with Gasteiger partial charge in [0.05, 0.1) is 16.3 Å². The van der Waals surface area contributed by atoms with Crippen LogP contribution in [0.4, 0.5) is 21.9 Å². The van der Waals surface area contributed by atoms with Crippen LogP contribution in [0.25, 0.3) is 0 Å². The number of nitro groups is 1. The minimum Gasteiger partial charge on any atom is -0.505 e.